The molecule has 1 aromatic rings. The number of methoxy groups -OCH3 is 1. The predicted molar refractivity (Wildman–Crippen MR) is 63.1 cm³/mol. The highest BCUT2D eigenvalue weighted by Crippen LogP contribution is 2.19. The monoisotopic (exact) mass is 292 g/mol. The van der Waals surface area contributed by atoms with E-state index in [0.717, 1.165) is 0 Å². The van der Waals surface area contributed by atoms with Crippen molar-refractivity contribution in [3.63, 3.8) is 0 Å². The molecular formula is C10H14BrFN2O2. The van der Waals surface area contributed by atoms with Crippen LogP contribution >= 0.6 is 15.9 Å². The fraction of sp³-hybridized carbons (Fsp3) is 0.500. The Morgan fingerprint density at radius 1 is 1.56 bits per heavy atom. The molecular weight excluding hydrogens is 279 g/mol. The lowest BCUT2D eigenvalue weighted by Gasteiger charge is -2.22. The minimum absolute atomic E-state index is 0.0547. The van der Waals surface area contributed by atoms with Gasteiger partial charge in [-0.15, -0.1) is 0 Å². The molecule has 0 aliphatic rings. The number of halogens is 2. The standard InChI is InChI=1S/C10H14BrFN2O2/c1-16-5-3-14(2-4-15)10-9(12)6-8(11)7-13-10/h6-7,15H,2-5H2,1H3. The van der Waals surface area contributed by atoms with Crippen LogP contribution in [0.15, 0.2) is 16.7 Å². The molecule has 0 amide bonds. The summed E-state index contributed by atoms with van der Waals surface area (Å²) >= 11 is 3.14. The Bertz CT molecular complexity index is 339. The summed E-state index contributed by atoms with van der Waals surface area (Å²) in [5.41, 5.74) is 0. The molecule has 90 valence electrons. The molecule has 6 heteroatoms. The zero-order valence-electron chi connectivity index (χ0n) is 8.99. The SMILES string of the molecule is COCCN(CCO)c1ncc(Br)cc1F. The molecule has 0 aromatic carbocycles. The van der Waals surface area contributed by atoms with Crippen LogP contribution in [-0.4, -0.2) is 43.5 Å². The van der Waals surface area contributed by atoms with E-state index in [1.165, 1.54) is 12.3 Å². The van der Waals surface area contributed by atoms with Crippen LogP contribution in [0.2, 0.25) is 0 Å². The third kappa shape index (κ3) is 3.70. The van der Waals surface area contributed by atoms with Crippen molar-refractivity contribution in [2.75, 3.05) is 38.3 Å². The molecule has 1 heterocycles. The quantitative estimate of drug-likeness (QED) is 0.862. The molecule has 0 radical (unpaired) electrons. The van der Waals surface area contributed by atoms with Gasteiger partial charge in [-0.2, -0.15) is 0 Å². The highest BCUT2D eigenvalue weighted by Gasteiger charge is 2.12. The average Bonchev–Trinajstić information content (AvgIpc) is 2.25. The van der Waals surface area contributed by atoms with Crippen molar-refractivity contribution in [1.82, 2.24) is 4.98 Å². The van der Waals surface area contributed by atoms with Crippen LogP contribution in [0, 0.1) is 5.82 Å². The van der Waals surface area contributed by atoms with Crippen LogP contribution in [0.25, 0.3) is 0 Å². The number of aromatic nitrogens is 1. The van der Waals surface area contributed by atoms with Gasteiger partial charge in [0.15, 0.2) is 11.6 Å². The van der Waals surface area contributed by atoms with Gasteiger partial charge in [-0.05, 0) is 22.0 Å². The average molecular weight is 293 g/mol. The first kappa shape index (κ1) is 13.3. The van der Waals surface area contributed by atoms with Gasteiger partial charge < -0.3 is 14.7 Å². The molecule has 16 heavy (non-hydrogen) atoms. The maximum atomic E-state index is 13.6. The Morgan fingerprint density at radius 3 is 2.88 bits per heavy atom. The summed E-state index contributed by atoms with van der Waals surface area (Å²) in [6.07, 6.45) is 1.52. The molecule has 0 atom stereocenters. The predicted octanol–water partition coefficient (Wildman–Crippen LogP) is 1.43. The van der Waals surface area contributed by atoms with Crippen LogP contribution in [0.3, 0.4) is 0 Å². The molecule has 1 N–H and O–H groups in total. The summed E-state index contributed by atoms with van der Waals surface area (Å²) in [6, 6.07) is 1.35. The Kier molecular flexibility index (Phi) is 5.65. The number of aliphatic hydroxyl groups excluding tert-OH is 1. The van der Waals surface area contributed by atoms with Crippen LogP contribution in [-0.2, 0) is 4.74 Å². The van der Waals surface area contributed by atoms with Gasteiger partial charge in [-0.3, -0.25) is 0 Å². The minimum Gasteiger partial charge on any atom is -0.395 e. The molecule has 0 aliphatic carbocycles. The molecule has 0 bridgehead atoms. The van der Waals surface area contributed by atoms with Crippen molar-refractivity contribution in [3.05, 3.63) is 22.6 Å². The van der Waals surface area contributed by atoms with E-state index in [4.69, 9.17) is 9.84 Å². The summed E-state index contributed by atoms with van der Waals surface area (Å²) in [5, 5.41) is 8.90. The van der Waals surface area contributed by atoms with Gasteiger partial charge in [0.25, 0.3) is 0 Å². The summed E-state index contributed by atoms with van der Waals surface area (Å²) in [5.74, 6) is -0.187. The van der Waals surface area contributed by atoms with Crippen molar-refractivity contribution >= 4 is 21.7 Å². The molecule has 1 aromatic heterocycles. The van der Waals surface area contributed by atoms with E-state index < -0.39 is 5.82 Å². The van der Waals surface area contributed by atoms with E-state index in [1.807, 2.05) is 0 Å². The maximum absolute atomic E-state index is 13.6. The summed E-state index contributed by atoms with van der Waals surface area (Å²) < 4.78 is 19.1. The van der Waals surface area contributed by atoms with Gasteiger partial charge in [0.05, 0.1) is 13.2 Å². The number of nitrogens with zero attached hydrogens (tertiary/aromatic N) is 2. The molecule has 0 spiro atoms. The topological polar surface area (TPSA) is 45.6 Å². The van der Waals surface area contributed by atoms with Crippen molar-refractivity contribution in [1.29, 1.82) is 0 Å². The Morgan fingerprint density at radius 2 is 2.31 bits per heavy atom. The molecule has 0 saturated carbocycles. The van der Waals surface area contributed by atoms with E-state index in [0.29, 0.717) is 24.2 Å². The minimum atomic E-state index is -0.418. The van der Waals surface area contributed by atoms with Gasteiger partial charge >= 0.3 is 0 Å². The van der Waals surface area contributed by atoms with Crippen LogP contribution in [0.4, 0.5) is 10.2 Å². The number of pyridine rings is 1. The number of anilines is 1. The highest BCUT2D eigenvalue weighted by atomic mass is 79.9. The summed E-state index contributed by atoms with van der Waals surface area (Å²) in [4.78, 5) is 5.63. The van der Waals surface area contributed by atoms with E-state index in [9.17, 15) is 4.39 Å². The van der Waals surface area contributed by atoms with Crippen LogP contribution in [0.1, 0.15) is 0 Å². The fourth-order valence-corrected chi connectivity index (χ4v) is 1.59. The van der Waals surface area contributed by atoms with E-state index >= 15 is 0 Å². The highest BCUT2D eigenvalue weighted by molar-refractivity contribution is 9.10. The lowest BCUT2D eigenvalue weighted by atomic mass is 10.4. The number of ether oxygens (including phenoxy) is 1. The Labute approximate surface area is 102 Å². The molecule has 0 saturated heterocycles. The van der Waals surface area contributed by atoms with Gasteiger partial charge in [0, 0.05) is 30.9 Å². The van der Waals surface area contributed by atoms with Crippen molar-refractivity contribution in [2.24, 2.45) is 0 Å². The number of rotatable bonds is 6. The molecule has 0 aliphatic heterocycles. The Hall–Kier alpha value is -0.720. The normalized spacial score (nSPS) is 10.5. The third-order valence-corrected chi connectivity index (χ3v) is 2.46. The molecule has 0 fully saturated rings. The first-order chi connectivity index (χ1) is 7.69. The number of hydrogen-bond donors (Lipinski definition) is 1. The van der Waals surface area contributed by atoms with Crippen molar-refractivity contribution in [3.8, 4) is 0 Å². The first-order valence-corrected chi connectivity index (χ1v) is 5.64. The Balaban J connectivity index is 2.82. The van der Waals surface area contributed by atoms with Crippen molar-refractivity contribution in [2.45, 2.75) is 0 Å². The smallest absolute Gasteiger partial charge is 0.166 e. The van der Waals surface area contributed by atoms with Gasteiger partial charge in [-0.1, -0.05) is 0 Å². The molecule has 1 rings (SSSR count). The fourth-order valence-electron chi connectivity index (χ4n) is 1.29. The second-order valence-corrected chi connectivity index (χ2v) is 4.08. The zero-order chi connectivity index (χ0) is 12.0. The van der Waals surface area contributed by atoms with E-state index in [1.54, 1.807) is 12.0 Å². The second kappa shape index (κ2) is 6.78. The lowest BCUT2D eigenvalue weighted by molar-refractivity contribution is 0.202. The first-order valence-electron chi connectivity index (χ1n) is 4.85. The molecule has 4 nitrogen and oxygen atoms in total. The lowest BCUT2D eigenvalue weighted by Crippen LogP contribution is -2.31. The van der Waals surface area contributed by atoms with Gasteiger partial charge in [0.1, 0.15) is 0 Å². The van der Waals surface area contributed by atoms with Crippen LogP contribution < -0.4 is 4.90 Å². The summed E-state index contributed by atoms with van der Waals surface area (Å²) in [6.45, 7) is 1.22. The summed E-state index contributed by atoms with van der Waals surface area (Å²) in [7, 11) is 1.57. The molecule has 0 unspecified atom stereocenters. The van der Waals surface area contributed by atoms with Gasteiger partial charge in [0.2, 0.25) is 0 Å². The zero-order valence-corrected chi connectivity index (χ0v) is 10.6. The van der Waals surface area contributed by atoms with Crippen LogP contribution in [0.5, 0.6) is 0 Å². The number of aliphatic hydroxyl groups is 1. The van der Waals surface area contributed by atoms with E-state index in [-0.39, 0.29) is 12.4 Å². The van der Waals surface area contributed by atoms with Gasteiger partial charge in [-0.25, -0.2) is 9.37 Å². The van der Waals surface area contributed by atoms with E-state index in [2.05, 4.69) is 20.9 Å². The third-order valence-electron chi connectivity index (χ3n) is 2.02. The van der Waals surface area contributed by atoms with Crippen molar-refractivity contribution < 1.29 is 14.2 Å². The second-order valence-electron chi connectivity index (χ2n) is 3.16. The maximum Gasteiger partial charge on any atom is 0.166 e. The largest absolute Gasteiger partial charge is 0.395 e. The number of hydrogen-bond acceptors (Lipinski definition) is 4.